The zero-order valence-electron chi connectivity index (χ0n) is 18.5. The fourth-order valence-corrected chi connectivity index (χ4v) is 4.41. The maximum absolute atomic E-state index is 13.2. The van der Waals surface area contributed by atoms with Crippen molar-refractivity contribution in [3.8, 4) is 28.7 Å². The van der Waals surface area contributed by atoms with E-state index >= 15 is 0 Å². The highest BCUT2D eigenvalue weighted by Gasteiger charge is 2.31. The smallest absolute Gasteiger partial charge is 0.344 e. The fourth-order valence-electron chi connectivity index (χ4n) is 4.41. The Morgan fingerprint density at radius 3 is 2.56 bits per heavy atom. The van der Waals surface area contributed by atoms with Crippen LogP contribution in [0.25, 0.3) is 16.7 Å². The lowest BCUT2D eigenvalue weighted by Crippen LogP contribution is -2.19. The van der Waals surface area contributed by atoms with E-state index in [-0.39, 0.29) is 6.79 Å². The molecule has 0 fully saturated rings. The number of rotatable bonds is 4. The van der Waals surface area contributed by atoms with Gasteiger partial charge in [-0.15, -0.1) is 0 Å². The van der Waals surface area contributed by atoms with Crippen molar-refractivity contribution in [2.24, 2.45) is 0 Å². The van der Waals surface area contributed by atoms with Gasteiger partial charge in [-0.1, -0.05) is 18.2 Å². The van der Waals surface area contributed by atoms with Gasteiger partial charge in [-0.05, 0) is 54.1 Å². The molecule has 34 heavy (non-hydrogen) atoms. The second-order valence-corrected chi connectivity index (χ2v) is 7.92. The molecule has 0 spiro atoms. The quantitative estimate of drug-likeness (QED) is 0.395. The normalized spacial score (nSPS) is 15.9. The molecule has 3 aromatic carbocycles. The molecular weight excluding hydrogens is 436 g/mol. The molecule has 0 N–H and O–H groups in total. The van der Waals surface area contributed by atoms with Crippen molar-refractivity contribution in [3.05, 3.63) is 93.9 Å². The zero-order chi connectivity index (χ0) is 23.2. The average molecular weight is 456 g/mol. The van der Waals surface area contributed by atoms with Gasteiger partial charge in [0.25, 0.3) is 0 Å². The minimum absolute atomic E-state index is 0.169. The van der Waals surface area contributed by atoms with Crippen LogP contribution in [0.15, 0.2) is 76.0 Å². The van der Waals surface area contributed by atoms with Crippen molar-refractivity contribution in [2.75, 3.05) is 21.0 Å². The van der Waals surface area contributed by atoms with Gasteiger partial charge >= 0.3 is 5.63 Å². The third kappa shape index (κ3) is 3.16. The lowest BCUT2D eigenvalue weighted by Gasteiger charge is -2.25. The number of para-hydroxylation sites is 1. The van der Waals surface area contributed by atoms with Gasteiger partial charge in [-0.25, -0.2) is 4.79 Å². The van der Waals surface area contributed by atoms with E-state index in [4.69, 9.17) is 28.1 Å². The molecule has 1 atom stereocenters. The first-order chi connectivity index (χ1) is 16.7. The lowest BCUT2D eigenvalue weighted by molar-refractivity contribution is 0.174. The summed E-state index contributed by atoms with van der Waals surface area (Å²) in [4.78, 5) is 13.2. The first-order valence-corrected chi connectivity index (χ1v) is 10.7. The Hall–Kier alpha value is -4.39. The SMILES string of the molecule is COc1ccc(C2=CC(c3ccc4c(c3)OCO4)c3c(c4ccccc4oc3=O)O2)cc1OC. The van der Waals surface area contributed by atoms with Crippen LogP contribution < -0.4 is 29.3 Å². The topological polar surface area (TPSA) is 76.4 Å². The van der Waals surface area contributed by atoms with Crippen LogP contribution in [0.1, 0.15) is 22.6 Å². The maximum atomic E-state index is 13.2. The van der Waals surface area contributed by atoms with Crippen molar-refractivity contribution in [1.82, 2.24) is 0 Å². The summed E-state index contributed by atoms with van der Waals surface area (Å²) in [6.45, 7) is 0.169. The van der Waals surface area contributed by atoms with Crippen molar-refractivity contribution in [1.29, 1.82) is 0 Å². The second-order valence-electron chi connectivity index (χ2n) is 7.92. The van der Waals surface area contributed by atoms with Crippen LogP contribution in [-0.4, -0.2) is 21.0 Å². The largest absolute Gasteiger partial charge is 0.493 e. The molecule has 6 rings (SSSR count). The molecule has 0 aliphatic carbocycles. The summed E-state index contributed by atoms with van der Waals surface area (Å²) < 4.78 is 33.9. The van der Waals surface area contributed by atoms with Gasteiger partial charge in [-0.2, -0.15) is 0 Å². The first kappa shape index (κ1) is 20.2. The summed E-state index contributed by atoms with van der Waals surface area (Å²) in [6, 6.07) is 18.6. The Labute approximate surface area is 194 Å². The van der Waals surface area contributed by atoms with Gasteiger partial charge in [0, 0.05) is 11.5 Å². The van der Waals surface area contributed by atoms with Crippen LogP contribution in [0.2, 0.25) is 0 Å². The molecule has 1 aromatic heterocycles. The van der Waals surface area contributed by atoms with Gasteiger partial charge in [0.15, 0.2) is 23.0 Å². The van der Waals surface area contributed by atoms with E-state index in [1.807, 2.05) is 60.7 Å². The number of hydrogen-bond donors (Lipinski definition) is 0. The van der Waals surface area contributed by atoms with E-state index in [2.05, 4.69) is 0 Å². The summed E-state index contributed by atoms with van der Waals surface area (Å²) in [5, 5.41) is 0.717. The molecule has 1 unspecified atom stereocenters. The number of hydrogen-bond acceptors (Lipinski definition) is 7. The molecule has 0 amide bonds. The summed E-state index contributed by atoms with van der Waals surface area (Å²) in [6.07, 6.45) is 1.91. The zero-order valence-corrected chi connectivity index (χ0v) is 18.5. The minimum Gasteiger partial charge on any atom is -0.493 e. The third-order valence-electron chi connectivity index (χ3n) is 6.06. The van der Waals surface area contributed by atoms with Crippen LogP contribution >= 0.6 is 0 Å². The molecule has 170 valence electrons. The Bertz CT molecular complexity index is 1520. The van der Waals surface area contributed by atoms with Gasteiger partial charge < -0.3 is 28.1 Å². The number of benzene rings is 3. The molecule has 7 nitrogen and oxygen atoms in total. The third-order valence-corrected chi connectivity index (χ3v) is 6.06. The number of allylic oxidation sites excluding steroid dienone is 1. The summed E-state index contributed by atoms with van der Waals surface area (Å²) >= 11 is 0. The average Bonchev–Trinajstić information content (AvgIpc) is 3.35. The van der Waals surface area contributed by atoms with E-state index in [9.17, 15) is 4.79 Å². The highest BCUT2D eigenvalue weighted by molar-refractivity contribution is 5.87. The Morgan fingerprint density at radius 1 is 0.882 bits per heavy atom. The number of methoxy groups -OCH3 is 2. The van der Waals surface area contributed by atoms with Crippen LogP contribution in [0.5, 0.6) is 28.7 Å². The maximum Gasteiger partial charge on any atom is 0.344 e. The van der Waals surface area contributed by atoms with Gasteiger partial charge in [0.2, 0.25) is 6.79 Å². The summed E-state index contributed by atoms with van der Waals surface area (Å²) in [5.41, 5.74) is 2.09. The molecule has 0 radical (unpaired) electrons. The molecule has 2 aliphatic heterocycles. The molecular formula is C27H20O7. The van der Waals surface area contributed by atoms with Crippen molar-refractivity contribution < 1.29 is 28.1 Å². The Kier molecular flexibility index (Phi) is 4.69. The highest BCUT2D eigenvalue weighted by atomic mass is 16.7. The molecule has 0 saturated heterocycles. The summed E-state index contributed by atoms with van der Waals surface area (Å²) in [5.74, 6) is 3.13. The Balaban J connectivity index is 1.58. The van der Waals surface area contributed by atoms with Crippen LogP contribution in [0.4, 0.5) is 0 Å². The van der Waals surface area contributed by atoms with Crippen LogP contribution in [0.3, 0.4) is 0 Å². The molecule has 2 aliphatic rings. The molecule has 7 heteroatoms. The van der Waals surface area contributed by atoms with E-state index in [0.717, 1.165) is 11.1 Å². The van der Waals surface area contributed by atoms with Gasteiger partial charge in [-0.3, -0.25) is 0 Å². The fraction of sp³-hybridized carbons (Fsp3) is 0.148. The van der Waals surface area contributed by atoms with E-state index in [1.54, 1.807) is 20.3 Å². The highest BCUT2D eigenvalue weighted by Crippen LogP contribution is 2.45. The monoisotopic (exact) mass is 456 g/mol. The van der Waals surface area contributed by atoms with E-state index in [1.165, 1.54) is 0 Å². The first-order valence-electron chi connectivity index (χ1n) is 10.7. The standard InChI is InChI=1S/C27H20O7/c1-29-20-9-8-16(12-23(20)30-2)22-13-18(15-7-10-21-24(11-15)32-14-31-21)25-26(33-22)17-5-3-4-6-19(17)34-27(25)28/h3-13,18H,14H2,1-2H3. The van der Waals surface area contributed by atoms with Gasteiger partial charge in [0.05, 0.1) is 25.2 Å². The van der Waals surface area contributed by atoms with Crippen molar-refractivity contribution in [3.63, 3.8) is 0 Å². The predicted octanol–water partition coefficient (Wildman–Crippen LogP) is 5.10. The Morgan fingerprint density at radius 2 is 1.71 bits per heavy atom. The molecule has 4 aromatic rings. The minimum atomic E-state index is -0.445. The van der Waals surface area contributed by atoms with Crippen LogP contribution in [0, 0.1) is 0 Å². The van der Waals surface area contributed by atoms with Crippen molar-refractivity contribution in [2.45, 2.75) is 5.92 Å². The number of ether oxygens (including phenoxy) is 5. The van der Waals surface area contributed by atoms with Gasteiger partial charge in [0.1, 0.15) is 17.1 Å². The number of fused-ring (bicyclic) bond motifs is 4. The molecule has 0 bridgehead atoms. The summed E-state index contributed by atoms with van der Waals surface area (Å²) in [7, 11) is 3.17. The molecule has 0 saturated carbocycles. The van der Waals surface area contributed by atoms with E-state index in [0.29, 0.717) is 51.0 Å². The lowest BCUT2D eigenvalue weighted by atomic mass is 9.87. The van der Waals surface area contributed by atoms with Crippen LogP contribution in [-0.2, 0) is 0 Å². The predicted molar refractivity (Wildman–Crippen MR) is 125 cm³/mol. The van der Waals surface area contributed by atoms with Crippen molar-refractivity contribution >= 4 is 16.7 Å². The second kappa shape index (κ2) is 7.88. The van der Waals surface area contributed by atoms with E-state index < -0.39 is 11.5 Å². The molecule has 3 heterocycles.